The minimum absolute atomic E-state index is 0.595. The number of hydrogen-bond donors (Lipinski definition) is 0. The monoisotopic (exact) mass is 258 g/mol. The van der Waals surface area contributed by atoms with Gasteiger partial charge in [0.05, 0.1) is 12.8 Å². The molecule has 0 amide bonds. The topological polar surface area (TPSA) is 58.4 Å². The predicted octanol–water partition coefficient (Wildman–Crippen LogP) is -0.540. The Balaban J connectivity index is 1.76. The summed E-state index contributed by atoms with van der Waals surface area (Å²) in [5.41, 5.74) is 0. The van der Waals surface area contributed by atoms with Crippen molar-refractivity contribution < 1.29 is 8.42 Å². The number of aromatic nitrogens is 2. The van der Waals surface area contributed by atoms with E-state index in [4.69, 9.17) is 0 Å². The third-order valence-corrected chi connectivity index (χ3v) is 4.31. The molecule has 2 rings (SSSR count). The average Bonchev–Trinajstić information content (AvgIpc) is 2.78. The molecule has 96 valence electrons. The van der Waals surface area contributed by atoms with E-state index in [-0.39, 0.29) is 0 Å². The summed E-state index contributed by atoms with van der Waals surface area (Å²) in [6, 6.07) is 1.90. The molecule has 0 aromatic carbocycles. The van der Waals surface area contributed by atoms with E-state index in [2.05, 4.69) is 10.00 Å². The van der Waals surface area contributed by atoms with E-state index in [1.165, 1.54) is 10.6 Å². The van der Waals surface area contributed by atoms with E-state index in [1.54, 1.807) is 6.20 Å². The van der Waals surface area contributed by atoms with Crippen molar-refractivity contribution in [1.82, 2.24) is 19.0 Å². The minimum Gasteiger partial charge on any atom is -0.299 e. The van der Waals surface area contributed by atoms with Gasteiger partial charge in [0.1, 0.15) is 0 Å². The standard InChI is InChI=1S/C10H18N4O2S/c1-17(15,16)14-9-6-12(7-10-14)5-8-13-4-2-3-11-13/h2-4H,5-10H2,1H3. The zero-order valence-electron chi connectivity index (χ0n) is 9.99. The molecule has 0 saturated carbocycles. The number of nitrogens with zero attached hydrogens (tertiary/aromatic N) is 4. The van der Waals surface area contributed by atoms with Gasteiger partial charge in [-0.15, -0.1) is 0 Å². The van der Waals surface area contributed by atoms with Crippen molar-refractivity contribution in [3.8, 4) is 0 Å². The lowest BCUT2D eigenvalue weighted by Gasteiger charge is -2.33. The Kier molecular flexibility index (Phi) is 3.80. The van der Waals surface area contributed by atoms with Crippen LogP contribution >= 0.6 is 0 Å². The average molecular weight is 258 g/mol. The first-order valence-corrected chi connectivity index (χ1v) is 7.55. The van der Waals surface area contributed by atoms with Crippen LogP contribution in [-0.4, -0.2) is 66.4 Å². The normalized spacial score (nSPS) is 19.6. The lowest BCUT2D eigenvalue weighted by atomic mass is 10.3. The van der Waals surface area contributed by atoms with Gasteiger partial charge in [-0.2, -0.15) is 9.40 Å². The molecule has 0 aliphatic carbocycles. The van der Waals surface area contributed by atoms with Crippen LogP contribution in [0.15, 0.2) is 18.5 Å². The zero-order chi connectivity index (χ0) is 12.3. The molecule has 0 spiro atoms. The lowest BCUT2D eigenvalue weighted by Crippen LogP contribution is -2.48. The van der Waals surface area contributed by atoms with Crippen LogP contribution in [0.2, 0.25) is 0 Å². The Hall–Kier alpha value is -0.920. The molecule has 1 aliphatic heterocycles. The maximum atomic E-state index is 11.3. The van der Waals surface area contributed by atoms with Crippen molar-refractivity contribution in [3.63, 3.8) is 0 Å². The Bertz CT molecular complexity index is 435. The van der Waals surface area contributed by atoms with Crippen LogP contribution in [0.3, 0.4) is 0 Å². The molecule has 0 radical (unpaired) electrons. The van der Waals surface area contributed by atoms with Crippen LogP contribution in [0.25, 0.3) is 0 Å². The van der Waals surface area contributed by atoms with Gasteiger partial charge in [0.2, 0.25) is 10.0 Å². The van der Waals surface area contributed by atoms with Crippen molar-refractivity contribution in [3.05, 3.63) is 18.5 Å². The summed E-state index contributed by atoms with van der Waals surface area (Å²) in [7, 11) is -3.02. The van der Waals surface area contributed by atoms with Crippen LogP contribution in [0, 0.1) is 0 Å². The number of rotatable bonds is 4. The Morgan fingerprint density at radius 1 is 1.18 bits per heavy atom. The highest BCUT2D eigenvalue weighted by Gasteiger charge is 2.22. The number of sulfonamides is 1. The maximum Gasteiger partial charge on any atom is 0.211 e. The number of piperazine rings is 1. The quantitative estimate of drug-likeness (QED) is 0.728. The summed E-state index contributed by atoms with van der Waals surface area (Å²) in [6.07, 6.45) is 4.97. The van der Waals surface area contributed by atoms with Gasteiger partial charge in [-0.25, -0.2) is 8.42 Å². The Labute approximate surface area is 102 Å². The zero-order valence-corrected chi connectivity index (χ0v) is 10.8. The number of hydrogen-bond acceptors (Lipinski definition) is 4. The largest absolute Gasteiger partial charge is 0.299 e. The lowest BCUT2D eigenvalue weighted by molar-refractivity contribution is 0.181. The second-order valence-electron chi connectivity index (χ2n) is 4.27. The summed E-state index contributed by atoms with van der Waals surface area (Å²) in [4.78, 5) is 2.27. The van der Waals surface area contributed by atoms with E-state index in [9.17, 15) is 8.42 Å². The van der Waals surface area contributed by atoms with Crippen molar-refractivity contribution in [1.29, 1.82) is 0 Å². The fourth-order valence-electron chi connectivity index (χ4n) is 1.96. The Morgan fingerprint density at radius 2 is 1.88 bits per heavy atom. The molecule has 1 aromatic rings. The van der Waals surface area contributed by atoms with E-state index >= 15 is 0 Å². The molecule has 1 aromatic heterocycles. The third kappa shape index (κ3) is 3.52. The summed E-state index contributed by atoms with van der Waals surface area (Å²) in [5, 5.41) is 4.14. The molecular formula is C10H18N4O2S. The molecule has 1 fully saturated rings. The second-order valence-corrected chi connectivity index (χ2v) is 6.26. The summed E-state index contributed by atoms with van der Waals surface area (Å²) in [5.74, 6) is 0. The van der Waals surface area contributed by atoms with Crippen LogP contribution in [0.1, 0.15) is 0 Å². The third-order valence-electron chi connectivity index (χ3n) is 3.00. The SMILES string of the molecule is CS(=O)(=O)N1CCN(CCn2cccn2)CC1. The molecule has 0 unspecified atom stereocenters. The molecule has 2 heterocycles. The van der Waals surface area contributed by atoms with E-state index in [0.29, 0.717) is 13.1 Å². The van der Waals surface area contributed by atoms with E-state index in [1.807, 2.05) is 16.9 Å². The highest BCUT2D eigenvalue weighted by Crippen LogP contribution is 2.05. The first-order valence-electron chi connectivity index (χ1n) is 5.70. The van der Waals surface area contributed by atoms with Gasteiger partial charge < -0.3 is 0 Å². The fourth-order valence-corrected chi connectivity index (χ4v) is 2.79. The van der Waals surface area contributed by atoms with Gasteiger partial charge in [0.25, 0.3) is 0 Å². The molecular weight excluding hydrogens is 240 g/mol. The summed E-state index contributed by atoms with van der Waals surface area (Å²) < 4.78 is 26.1. The van der Waals surface area contributed by atoms with Crippen LogP contribution in [0.4, 0.5) is 0 Å². The fraction of sp³-hybridized carbons (Fsp3) is 0.700. The molecule has 7 heteroatoms. The highest BCUT2D eigenvalue weighted by atomic mass is 32.2. The summed E-state index contributed by atoms with van der Waals surface area (Å²) in [6.45, 7) is 4.56. The van der Waals surface area contributed by atoms with Gasteiger partial charge in [-0.3, -0.25) is 9.58 Å². The van der Waals surface area contributed by atoms with Gasteiger partial charge in [-0.1, -0.05) is 0 Å². The van der Waals surface area contributed by atoms with Crippen LogP contribution in [-0.2, 0) is 16.6 Å². The van der Waals surface area contributed by atoms with Crippen molar-refractivity contribution in [2.45, 2.75) is 6.54 Å². The van der Waals surface area contributed by atoms with Crippen LogP contribution < -0.4 is 0 Å². The maximum absolute atomic E-state index is 11.3. The van der Waals surface area contributed by atoms with Crippen molar-refractivity contribution in [2.24, 2.45) is 0 Å². The molecule has 1 aliphatic rings. The van der Waals surface area contributed by atoms with Crippen LogP contribution in [0.5, 0.6) is 0 Å². The van der Waals surface area contributed by atoms with Crippen molar-refractivity contribution in [2.75, 3.05) is 39.0 Å². The molecule has 6 nitrogen and oxygen atoms in total. The first kappa shape index (κ1) is 12.5. The molecule has 0 atom stereocenters. The second kappa shape index (κ2) is 5.16. The Morgan fingerprint density at radius 3 is 2.41 bits per heavy atom. The molecule has 17 heavy (non-hydrogen) atoms. The summed E-state index contributed by atoms with van der Waals surface area (Å²) >= 11 is 0. The first-order chi connectivity index (χ1) is 8.05. The molecule has 1 saturated heterocycles. The minimum atomic E-state index is -3.02. The predicted molar refractivity (Wildman–Crippen MR) is 65.1 cm³/mol. The van der Waals surface area contributed by atoms with E-state index in [0.717, 1.165) is 26.2 Å². The molecule has 0 bridgehead atoms. The van der Waals surface area contributed by atoms with Gasteiger partial charge >= 0.3 is 0 Å². The van der Waals surface area contributed by atoms with Gasteiger partial charge in [0.15, 0.2) is 0 Å². The van der Waals surface area contributed by atoms with Crippen molar-refractivity contribution >= 4 is 10.0 Å². The van der Waals surface area contributed by atoms with E-state index < -0.39 is 10.0 Å². The van der Waals surface area contributed by atoms with Gasteiger partial charge in [0, 0.05) is 45.1 Å². The van der Waals surface area contributed by atoms with Gasteiger partial charge in [-0.05, 0) is 6.07 Å². The highest BCUT2D eigenvalue weighted by molar-refractivity contribution is 7.88. The smallest absolute Gasteiger partial charge is 0.211 e. The molecule has 0 N–H and O–H groups in total.